The lowest BCUT2D eigenvalue weighted by atomic mass is 10.0. The minimum Gasteiger partial charge on any atom is -0.345 e. The van der Waals surface area contributed by atoms with E-state index in [9.17, 15) is 0 Å². The predicted molar refractivity (Wildman–Crippen MR) is 250 cm³/mol. The topological polar surface area (TPSA) is 16.3 Å². The first-order valence-electron chi connectivity index (χ1n) is 20.5. The van der Waals surface area contributed by atoms with Gasteiger partial charge in [-0.05, 0) is 127 Å². The number of benzene rings is 8. The number of hydrogen-bond acceptors (Lipinski definition) is 2. The summed E-state index contributed by atoms with van der Waals surface area (Å²) in [7, 11) is 2.16. The molecule has 0 saturated heterocycles. The summed E-state index contributed by atoms with van der Waals surface area (Å²) in [5.41, 5.74) is 16.8. The van der Waals surface area contributed by atoms with Crippen LogP contribution in [0.2, 0.25) is 0 Å². The third kappa shape index (κ3) is 6.00. The summed E-state index contributed by atoms with van der Waals surface area (Å²) in [4.78, 5) is 4.64. The van der Waals surface area contributed by atoms with Crippen molar-refractivity contribution in [3.05, 3.63) is 218 Å². The zero-order valence-corrected chi connectivity index (χ0v) is 32.9. The highest BCUT2D eigenvalue weighted by Crippen LogP contribution is 2.41. The molecule has 0 fully saturated rings. The first-order valence-corrected chi connectivity index (χ1v) is 20.5. The molecule has 8 aromatic carbocycles. The molecule has 0 aliphatic heterocycles. The summed E-state index contributed by atoms with van der Waals surface area (Å²) in [5, 5.41) is 3.76. The normalized spacial score (nSPS) is 12.3. The van der Waals surface area contributed by atoms with Gasteiger partial charge in [-0.15, -0.1) is 0 Å². The van der Waals surface area contributed by atoms with E-state index in [4.69, 9.17) is 0 Å². The van der Waals surface area contributed by atoms with Gasteiger partial charge in [-0.25, -0.2) is 0 Å². The van der Waals surface area contributed by atoms with E-state index in [1.807, 2.05) is 0 Å². The third-order valence-electron chi connectivity index (χ3n) is 12.0. The maximum Gasteiger partial charge on any atom is 0.0542 e. The summed E-state index contributed by atoms with van der Waals surface area (Å²) in [6.07, 6.45) is 6.74. The Labute approximate surface area is 344 Å². The van der Waals surface area contributed by atoms with E-state index in [1.54, 1.807) is 0 Å². The summed E-state index contributed by atoms with van der Waals surface area (Å²) in [5.74, 6) is 0. The second-order valence-electron chi connectivity index (χ2n) is 15.4. The second kappa shape index (κ2) is 14.4. The standard InChI is InChI=1S/C55H42N4/c1-56(46-33-35-54-50(37-46)48-21-11-13-23-52(48)58(54)43-17-7-3-8-18-43)41-29-25-39(26-30-41)40-27-31-45(32-28-40)57(42-15-5-2-6-16-42)47-34-36-55-51(38-47)49-22-12-14-24-53(49)59(55)44-19-9-4-10-20-44/h2-12,14-22,24-38H,13,23H2,1H3. The number of allylic oxidation sites excluding steroid dienone is 1. The van der Waals surface area contributed by atoms with E-state index in [0.29, 0.717) is 0 Å². The number of fused-ring (bicyclic) bond motifs is 6. The average Bonchev–Trinajstić information content (AvgIpc) is 3.82. The van der Waals surface area contributed by atoms with Crippen molar-refractivity contribution in [2.45, 2.75) is 12.8 Å². The van der Waals surface area contributed by atoms with E-state index >= 15 is 0 Å². The molecule has 0 amide bonds. The highest BCUT2D eigenvalue weighted by molar-refractivity contribution is 6.10. The molecule has 2 aromatic heterocycles. The summed E-state index contributed by atoms with van der Waals surface area (Å²) in [6.45, 7) is 0. The largest absolute Gasteiger partial charge is 0.345 e. The Morgan fingerprint density at radius 2 is 0.915 bits per heavy atom. The quantitative estimate of drug-likeness (QED) is 0.153. The Kier molecular flexibility index (Phi) is 8.48. The molecule has 10 aromatic rings. The van der Waals surface area contributed by atoms with Crippen LogP contribution in [0.1, 0.15) is 17.7 Å². The van der Waals surface area contributed by atoms with Gasteiger partial charge in [0, 0.05) is 74.3 Å². The van der Waals surface area contributed by atoms with Crippen molar-refractivity contribution in [3.63, 3.8) is 0 Å². The fourth-order valence-corrected chi connectivity index (χ4v) is 9.10. The molecule has 11 rings (SSSR count). The van der Waals surface area contributed by atoms with Crippen LogP contribution in [-0.4, -0.2) is 16.2 Å². The first-order chi connectivity index (χ1) is 29.2. The van der Waals surface area contributed by atoms with E-state index in [1.165, 1.54) is 66.5 Å². The fraction of sp³-hybridized carbons (Fsp3) is 0.0545. The van der Waals surface area contributed by atoms with Crippen LogP contribution >= 0.6 is 0 Å². The van der Waals surface area contributed by atoms with E-state index in [2.05, 4.69) is 238 Å². The number of hydrogen-bond donors (Lipinski definition) is 0. The van der Waals surface area contributed by atoms with E-state index in [0.717, 1.165) is 41.3 Å². The lowest BCUT2D eigenvalue weighted by Gasteiger charge is -2.26. The number of nitrogens with zero attached hydrogens (tertiary/aromatic N) is 4. The molecule has 2 heterocycles. The molecular formula is C55H42N4. The van der Waals surface area contributed by atoms with Crippen molar-refractivity contribution in [2.24, 2.45) is 0 Å². The van der Waals surface area contributed by atoms with Gasteiger partial charge in [-0.3, -0.25) is 0 Å². The van der Waals surface area contributed by atoms with Gasteiger partial charge < -0.3 is 18.9 Å². The predicted octanol–water partition coefficient (Wildman–Crippen LogP) is 14.6. The van der Waals surface area contributed by atoms with Gasteiger partial charge >= 0.3 is 0 Å². The van der Waals surface area contributed by atoms with Gasteiger partial charge in [0.15, 0.2) is 0 Å². The van der Waals surface area contributed by atoms with Gasteiger partial charge in [0.25, 0.3) is 0 Å². The van der Waals surface area contributed by atoms with Crippen LogP contribution in [0, 0.1) is 0 Å². The third-order valence-corrected chi connectivity index (χ3v) is 12.0. The molecule has 4 heteroatoms. The van der Waals surface area contributed by atoms with Gasteiger partial charge in [0.1, 0.15) is 0 Å². The molecule has 1 aliphatic rings. The summed E-state index contributed by atoms with van der Waals surface area (Å²) < 4.78 is 4.81. The molecule has 0 saturated carbocycles. The van der Waals surface area contributed by atoms with Crippen LogP contribution < -0.4 is 9.80 Å². The molecule has 0 radical (unpaired) electrons. The van der Waals surface area contributed by atoms with Crippen LogP contribution in [0.5, 0.6) is 0 Å². The van der Waals surface area contributed by atoms with Crippen LogP contribution in [0.4, 0.5) is 28.4 Å². The van der Waals surface area contributed by atoms with Crippen molar-refractivity contribution >= 4 is 67.2 Å². The Balaban J connectivity index is 0.905. The van der Waals surface area contributed by atoms with E-state index in [-0.39, 0.29) is 0 Å². The zero-order chi connectivity index (χ0) is 39.3. The molecule has 0 atom stereocenters. The highest BCUT2D eigenvalue weighted by atomic mass is 15.1. The lowest BCUT2D eigenvalue weighted by Crippen LogP contribution is -2.10. The minimum absolute atomic E-state index is 1.05. The smallest absolute Gasteiger partial charge is 0.0542 e. The van der Waals surface area contributed by atoms with Gasteiger partial charge in [-0.1, -0.05) is 109 Å². The Bertz CT molecular complexity index is 3140. The molecule has 0 spiro atoms. The van der Waals surface area contributed by atoms with Crippen LogP contribution in [0.15, 0.2) is 206 Å². The van der Waals surface area contributed by atoms with Gasteiger partial charge in [-0.2, -0.15) is 0 Å². The van der Waals surface area contributed by atoms with Crippen LogP contribution in [0.25, 0.3) is 61.3 Å². The maximum absolute atomic E-state index is 2.45. The molecule has 282 valence electrons. The SMILES string of the molecule is CN(c1ccc(-c2ccc(N(c3ccccc3)c3ccc4c(c3)c3ccccc3n4-c3ccccc3)cc2)cc1)c1ccc2c(c1)c1c(n2-c2ccccc2)CCC=C1. The molecule has 0 bridgehead atoms. The first kappa shape index (κ1) is 34.7. The van der Waals surface area contributed by atoms with Gasteiger partial charge in [0.2, 0.25) is 0 Å². The molecule has 59 heavy (non-hydrogen) atoms. The number of anilines is 5. The zero-order valence-electron chi connectivity index (χ0n) is 32.9. The summed E-state index contributed by atoms with van der Waals surface area (Å²) >= 11 is 0. The number of rotatable bonds is 8. The summed E-state index contributed by atoms with van der Waals surface area (Å²) in [6, 6.07) is 72.4. The maximum atomic E-state index is 2.45. The van der Waals surface area contributed by atoms with E-state index < -0.39 is 0 Å². The molecular weight excluding hydrogens is 717 g/mol. The average molecular weight is 759 g/mol. The van der Waals surface area contributed by atoms with Crippen molar-refractivity contribution in [1.82, 2.24) is 9.13 Å². The van der Waals surface area contributed by atoms with Crippen molar-refractivity contribution < 1.29 is 0 Å². The van der Waals surface area contributed by atoms with Crippen LogP contribution in [0.3, 0.4) is 0 Å². The molecule has 4 nitrogen and oxygen atoms in total. The Hall–Kier alpha value is -7.56. The van der Waals surface area contributed by atoms with Gasteiger partial charge in [0.05, 0.1) is 16.6 Å². The Morgan fingerprint density at radius 1 is 0.407 bits per heavy atom. The lowest BCUT2D eigenvalue weighted by molar-refractivity contribution is 0.888. The number of para-hydroxylation sites is 4. The highest BCUT2D eigenvalue weighted by Gasteiger charge is 2.21. The monoisotopic (exact) mass is 758 g/mol. The van der Waals surface area contributed by atoms with Crippen LogP contribution in [-0.2, 0) is 6.42 Å². The molecule has 0 unspecified atom stereocenters. The molecule has 0 N–H and O–H groups in total. The second-order valence-corrected chi connectivity index (χ2v) is 15.4. The van der Waals surface area contributed by atoms with Crippen molar-refractivity contribution in [2.75, 3.05) is 16.8 Å². The van der Waals surface area contributed by atoms with Crippen molar-refractivity contribution in [1.29, 1.82) is 0 Å². The van der Waals surface area contributed by atoms with Crippen molar-refractivity contribution in [3.8, 4) is 22.5 Å². The fourth-order valence-electron chi connectivity index (χ4n) is 9.10. The molecule has 1 aliphatic carbocycles. The Morgan fingerprint density at radius 3 is 1.61 bits per heavy atom. The minimum atomic E-state index is 1.05. The number of aromatic nitrogens is 2.